The maximum Gasteiger partial charge on any atom is 0.391 e. The second-order valence-corrected chi connectivity index (χ2v) is 3.97. The van der Waals surface area contributed by atoms with Crippen molar-refractivity contribution >= 4 is 11.9 Å². The van der Waals surface area contributed by atoms with Crippen LogP contribution in [0.15, 0.2) is 18.3 Å². The van der Waals surface area contributed by atoms with Crippen molar-refractivity contribution in [1.82, 2.24) is 10.3 Å². The number of carbonyl (C=O) groups excluding carboxylic acids is 1. The number of aliphatic carboxylic acids is 1. The first-order valence-corrected chi connectivity index (χ1v) is 5.93. The van der Waals surface area contributed by atoms with E-state index < -0.39 is 30.5 Å². The smallest absolute Gasteiger partial charge is 0.391 e. The molecule has 0 saturated carbocycles. The van der Waals surface area contributed by atoms with Crippen LogP contribution in [0.2, 0.25) is 0 Å². The maximum absolute atomic E-state index is 12.3. The molecule has 6 nitrogen and oxygen atoms in total. The minimum atomic E-state index is -4.71. The number of hydrogen-bond acceptors (Lipinski definition) is 4. The Hall–Kier alpha value is -2.32. The predicted octanol–water partition coefficient (Wildman–Crippen LogP) is 1.62. The molecule has 0 aromatic carbocycles. The standard InChI is InChI=1S/C12H13F3N2O4/c1-2-21-10-7(4-3-5-16-10)9(18)17-8(11(19)20)6-12(13,14)15/h3-5,8H,2,6H2,1H3,(H,17,18)(H,19,20). The molecule has 0 fully saturated rings. The Morgan fingerprint density at radius 2 is 2.14 bits per heavy atom. The lowest BCUT2D eigenvalue weighted by Gasteiger charge is -2.17. The lowest BCUT2D eigenvalue weighted by atomic mass is 10.1. The van der Waals surface area contributed by atoms with Gasteiger partial charge < -0.3 is 15.2 Å². The molecule has 0 aliphatic carbocycles. The molecule has 2 N–H and O–H groups in total. The third kappa shape index (κ3) is 5.28. The van der Waals surface area contributed by atoms with Gasteiger partial charge >= 0.3 is 12.1 Å². The van der Waals surface area contributed by atoms with Crippen LogP contribution in [0, 0.1) is 0 Å². The zero-order chi connectivity index (χ0) is 16.0. The summed E-state index contributed by atoms with van der Waals surface area (Å²) in [7, 11) is 0. The topological polar surface area (TPSA) is 88.5 Å². The van der Waals surface area contributed by atoms with E-state index in [2.05, 4.69) is 4.98 Å². The van der Waals surface area contributed by atoms with Gasteiger partial charge in [-0.1, -0.05) is 0 Å². The van der Waals surface area contributed by atoms with Crippen LogP contribution in [0.3, 0.4) is 0 Å². The molecule has 0 radical (unpaired) electrons. The molecule has 21 heavy (non-hydrogen) atoms. The number of ether oxygens (including phenoxy) is 1. The van der Waals surface area contributed by atoms with E-state index in [4.69, 9.17) is 9.84 Å². The van der Waals surface area contributed by atoms with Crippen LogP contribution in [0.5, 0.6) is 5.88 Å². The zero-order valence-electron chi connectivity index (χ0n) is 11.0. The van der Waals surface area contributed by atoms with Gasteiger partial charge in [0.05, 0.1) is 13.0 Å². The number of pyridine rings is 1. The van der Waals surface area contributed by atoms with Crippen LogP contribution in [0.4, 0.5) is 13.2 Å². The molecule has 1 aromatic heterocycles. The van der Waals surface area contributed by atoms with Crippen molar-refractivity contribution in [3.8, 4) is 5.88 Å². The van der Waals surface area contributed by atoms with Gasteiger partial charge in [0.2, 0.25) is 5.88 Å². The van der Waals surface area contributed by atoms with Gasteiger partial charge in [0.1, 0.15) is 11.6 Å². The lowest BCUT2D eigenvalue weighted by Crippen LogP contribution is -2.43. The average molecular weight is 306 g/mol. The number of hydrogen-bond donors (Lipinski definition) is 2. The number of carboxylic acids is 1. The van der Waals surface area contributed by atoms with Crippen LogP contribution in [0.1, 0.15) is 23.7 Å². The molecule has 0 aliphatic heterocycles. The Morgan fingerprint density at radius 3 is 2.67 bits per heavy atom. The fraction of sp³-hybridized carbons (Fsp3) is 0.417. The molecule has 1 aromatic rings. The summed E-state index contributed by atoms with van der Waals surface area (Å²) < 4.78 is 41.9. The number of carbonyl (C=O) groups is 2. The van der Waals surface area contributed by atoms with Gasteiger partial charge in [-0.25, -0.2) is 9.78 Å². The Labute approximate surface area is 117 Å². The molecule has 0 spiro atoms. The molecule has 1 unspecified atom stereocenters. The van der Waals surface area contributed by atoms with E-state index in [1.165, 1.54) is 18.3 Å². The van der Waals surface area contributed by atoms with Crippen molar-refractivity contribution in [2.75, 3.05) is 6.61 Å². The van der Waals surface area contributed by atoms with Gasteiger partial charge in [0.25, 0.3) is 5.91 Å². The quantitative estimate of drug-likeness (QED) is 0.833. The van der Waals surface area contributed by atoms with Crippen LogP contribution in [0.25, 0.3) is 0 Å². The molecular formula is C12H13F3N2O4. The number of nitrogens with zero attached hydrogens (tertiary/aromatic N) is 1. The average Bonchev–Trinajstić information content (AvgIpc) is 2.37. The third-order valence-electron chi connectivity index (χ3n) is 2.34. The maximum atomic E-state index is 12.3. The van der Waals surface area contributed by atoms with Crippen molar-refractivity contribution in [3.05, 3.63) is 23.9 Å². The van der Waals surface area contributed by atoms with Crippen LogP contribution < -0.4 is 10.1 Å². The van der Waals surface area contributed by atoms with E-state index in [1.54, 1.807) is 6.92 Å². The highest BCUT2D eigenvalue weighted by Gasteiger charge is 2.36. The summed E-state index contributed by atoms with van der Waals surface area (Å²) in [5.74, 6) is -2.85. The van der Waals surface area contributed by atoms with Gasteiger partial charge in [0, 0.05) is 6.20 Å². The molecule has 9 heteroatoms. The molecule has 0 saturated heterocycles. The number of rotatable bonds is 6. The van der Waals surface area contributed by atoms with Crippen molar-refractivity contribution in [3.63, 3.8) is 0 Å². The SMILES string of the molecule is CCOc1ncccc1C(=O)NC(CC(F)(F)F)C(=O)O. The van der Waals surface area contributed by atoms with Crippen molar-refractivity contribution in [2.24, 2.45) is 0 Å². The molecular weight excluding hydrogens is 293 g/mol. The van der Waals surface area contributed by atoms with Gasteiger partial charge in [-0.15, -0.1) is 0 Å². The van der Waals surface area contributed by atoms with E-state index in [0.717, 1.165) is 0 Å². The molecule has 1 atom stereocenters. The highest BCUT2D eigenvalue weighted by Crippen LogP contribution is 2.22. The first-order chi connectivity index (χ1) is 9.74. The highest BCUT2D eigenvalue weighted by atomic mass is 19.4. The summed E-state index contributed by atoms with van der Waals surface area (Å²) in [5, 5.41) is 10.6. The Kier molecular flexibility index (Phi) is 5.51. The van der Waals surface area contributed by atoms with Gasteiger partial charge in [-0.3, -0.25) is 4.79 Å². The van der Waals surface area contributed by atoms with E-state index in [1.807, 2.05) is 5.32 Å². The van der Waals surface area contributed by atoms with E-state index in [0.29, 0.717) is 0 Å². The summed E-state index contributed by atoms with van der Waals surface area (Å²) in [6, 6.07) is 0.587. The highest BCUT2D eigenvalue weighted by molar-refractivity contribution is 5.98. The number of halogens is 3. The number of alkyl halides is 3. The second kappa shape index (κ2) is 6.91. The van der Waals surface area contributed by atoms with Gasteiger partial charge in [-0.05, 0) is 19.1 Å². The third-order valence-corrected chi connectivity index (χ3v) is 2.34. The summed E-state index contributed by atoms with van der Waals surface area (Å²) in [6.07, 6.45) is -5.04. The fourth-order valence-electron chi connectivity index (χ4n) is 1.48. The molecule has 116 valence electrons. The van der Waals surface area contributed by atoms with Crippen LogP contribution in [-0.4, -0.2) is 40.8 Å². The van der Waals surface area contributed by atoms with Crippen molar-refractivity contribution in [1.29, 1.82) is 0 Å². The number of carboxylic acid groups (broad SMARTS) is 1. The van der Waals surface area contributed by atoms with Crippen LogP contribution >= 0.6 is 0 Å². The normalized spacial score (nSPS) is 12.6. The molecule has 1 amide bonds. The predicted molar refractivity (Wildman–Crippen MR) is 65.0 cm³/mol. The van der Waals surface area contributed by atoms with Gasteiger partial charge in [0.15, 0.2) is 0 Å². The number of aromatic nitrogens is 1. The number of nitrogens with one attached hydrogen (secondary N) is 1. The fourth-order valence-corrected chi connectivity index (χ4v) is 1.48. The van der Waals surface area contributed by atoms with E-state index >= 15 is 0 Å². The van der Waals surface area contributed by atoms with Crippen molar-refractivity contribution < 1.29 is 32.6 Å². The summed E-state index contributed by atoms with van der Waals surface area (Å²) in [5.41, 5.74) is -0.132. The minimum Gasteiger partial charge on any atom is -0.480 e. The zero-order valence-corrected chi connectivity index (χ0v) is 11.0. The molecule has 0 bridgehead atoms. The van der Waals surface area contributed by atoms with Gasteiger partial charge in [-0.2, -0.15) is 13.2 Å². The first-order valence-electron chi connectivity index (χ1n) is 5.93. The minimum absolute atomic E-state index is 0.0753. The molecule has 1 heterocycles. The number of amides is 1. The molecule has 1 rings (SSSR count). The Morgan fingerprint density at radius 1 is 1.48 bits per heavy atom. The Bertz CT molecular complexity index is 519. The second-order valence-electron chi connectivity index (χ2n) is 3.97. The monoisotopic (exact) mass is 306 g/mol. The first kappa shape index (κ1) is 16.7. The summed E-state index contributed by atoms with van der Waals surface area (Å²) in [6.45, 7) is 1.84. The Balaban J connectivity index is 2.90. The van der Waals surface area contributed by atoms with E-state index in [-0.39, 0.29) is 18.1 Å². The summed E-state index contributed by atoms with van der Waals surface area (Å²) in [4.78, 5) is 26.4. The lowest BCUT2D eigenvalue weighted by molar-refractivity contribution is -0.157. The largest absolute Gasteiger partial charge is 0.480 e. The summed E-state index contributed by atoms with van der Waals surface area (Å²) >= 11 is 0. The molecule has 0 aliphatic rings. The van der Waals surface area contributed by atoms with Crippen molar-refractivity contribution in [2.45, 2.75) is 25.6 Å². The van der Waals surface area contributed by atoms with Crippen LogP contribution in [-0.2, 0) is 4.79 Å². The van der Waals surface area contributed by atoms with E-state index in [9.17, 15) is 22.8 Å².